The van der Waals surface area contributed by atoms with Gasteiger partial charge in [0.05, 0.1) is 6.54 Å². The average Bonchev–Trinajstić information content (AvgIpc) is 3.35. The molecule has 0 unspecified atom stereocenters. The van der Waals surface area contributed by atoms with Crippen molar-refractivity contribution in [2.75, 3.05) is 16.0 Å². The Morgan fingerprint density at radius 2 is 1.20 bits per heavy atom. The molecule has 3 heterocycles. The lowest BCUT2D eigenvalue weighted by Crippen LogP contribution is -2.09. The van der Waals surface area contributed by atoms with E-state index in [0.29, 0.717) is 39.7 Å². The van der Waals surface area contributed by atoms with Crippen LogP contribution in [0.3, 0.4) is 0 Å². The molecule has 0 aliphatic rings. The molecule has 35 heavy (non-hydrogen) atoms. The maximum Gasteiger partial charge on any atom is 0.247 e. The molecule has 0 amide bonds. The largest absolute Gasteiger partial charge is 0.419 e. The molecule has 3 N–H and O–H groups in total. The highest BCUT2D eigenvalue weighted by Crippen LogP contribution is 2.22. The molecule has 0 atom stereocenters. The summed E-state index contributed by atoms with van der Waals surface area (Å²) in [5.74, 6) is 1.72. The van der Waals surface area contributed by atoms with E-state index < -0.39 is 0 Å². The van der Waals surface area contributed by atoms with Crippen molar-refractivity contribution < 1.29 is 4.42 Å². The molecule has 0 aliphatic heterocycles. The van der Waals surface area contributed by atoms with Crippen LogP contribution in [0.25, 0.3) is 11.5 Å². The number of anilines is 5. The maximum absolute atomic E-state index is 5.99. The van der Waals surface area contributed by atoms with Crippen molar-refractivity contribution in [1.29, 1.82) is 0 Å². The van der Waals surface area contributed by atoms with Gasteiger partial charge in [0.15, 0.2) is 0 Å². The number of benzene rings is 2. The van der Waals surface area contributed by atoms with Crippen molar-refractivity contribution in [3.05, 3.63) is 89.0 Å². The summed E-state index contributed by atoms with van der Waals surface area (Å²) < 4.78 is 5.73. The van der Waals surface area contributed by atoms with Gasteiger partial charge in [-0.2, -0.15) is 15.0 Å². The lowest BCUT2D eigenvalue weighted by Gasteiger charge is -2.11. The van der Waals surface area contributed by atoms with E-state index in [1.165, 1.54) is 0 Å². The summed E-state index contributed by atoms with van der Waals surface area (Å²) in [5.41, 5.74) is 2.31. The van der Waals surface area contributed by atoms with E-state index >= 15 is 0 Å². The van der Waals surface area contributed by atoms with Crippen molar-refractivity contribution in [3.63, 3.8) is 0 Å². The molecule has 174 valence electrons. The van der Waals surface area contributed by atoms with Crippen LogP contribution < -0.4 is 16.0 Å². The Kier molecular flexibility index (Phi) is 6.64. The van der Waals surface area contributed by atoms with Gasteiger partial charge in [-0.3, -0.25) is 4.98 Å². The SMILES string of the molecule is Clc1ccc(Nc2nc(NCc3nnc(-c4ccncc4)o3)nc(Nc3ccc(Cl)cc3)n2)cc1. The summed E-state index contributed by atoms with van der Waals surface area (Å²) in [4.78, 5) is 17.3. The van der Waals surface area contributed by atoms with Crippen molar-refractivity contribution in [2.45, 2.75) is 6.54 Å². The van der Waals surface area contributed by atoms with Gasteiger partial charge in [0.1, 0.15) is 0 Å². The second-order valence-electron chi connectivity index (χ2n) is 7.16. The molecule has 5 rings (SSSR count). The number of halogens is 2. The van der Waals surface area contributed by atoms with Gasteiger partial charge in [0.2, 0.25) is 29.6 Å². The molecule has 0 saturated heterocycles. The highest BCUT2D eigenvalue weighted by Gasteiger charge is 2.11. The fourth-order valence-corrected chi connectivity index (χ4v) is 3.23. The van der Waals surface area contributed by atoms with Crippen LogP contribution in [-0.4, -0.2) is 30.1 Å². The predicted octanol–water partition coefficient (Wildman–Crippen LogP) is 5.72. The highest BCUT2D eigenvalue weighted by atomic mass is 35.5. The Bertz CT molecular complexity index is 1350. The van der Waals surface area contributed by atoms with E-state index in [1.807, 2.05) is 24.3 Å². The van der Waals surface area contributed by atoms with E-state index in [4.69, 9.17) is 27.6 Å². The van der Waals surface area contributed by atoms with Gasteiger partial charge < -0.3 is 20.4 Å². The summed E-state index contributed by atoms with van der Waals surface area (Å²) in [7, 11) is 0. The lowest BCUT2D eigenvalue weighted by molar-refractivity contribution is 0.514. The maximum atomic E-state index is 5.99. The summed E-state index contributed by atoms with van der Waals surface area (Å²) in [6.07, 6.45) is 3.32. The van der Waals surface area contributed by atoms with Crippen molar-refractivity contribution >= 4 is 52.4 Å². The highest BCUT2D eigenvalue weighted by molar-refractivity contribution is 6.30. The van der Waals surface area contributed by atoms with Crippen LogP contribution in [0.1, 0.15) is 5.89 Å². The monoisotopic (exact) mass is 505 g/mol. The second kappa shape index (κ2) is 10.3. The van der Waals surface area contributed by atoms with Gasteiger partial charge in [-0.05, 0) is 60.7 Å². The van der Waals surface area contributed by atoms with E-state index in [-0.39, 0.29) is 6.54 Å². The number of hydrogen-bond acceptors (Lipinski definition) is 10. The van der Waals surface area contributed by atoms with Crippen LogP contribution in [0.15, 0.2) is 77.5 Å². The van der Waals surface area contributed by atoms with Gasteiger partial charge >= 0.3 is 0 Å². The first-order chi connectivity index (χ1) is 17.1. The fraction of sp³-hybridized carbons (Fsp3) is 0.0435. The van der Waals surface area contributed by atoms with Gasteiger partial charge in [-0.15, -0.1) is 10.2 Å². The Hall–Kier alpha value is -4.28. The third-order valence-electron chi connectivity index (χ3n) is 4.63. The van der Waals surface area contributed by atoms with Gasteiger partial charge in [0, 0.05) is 39.4 Å². The number of hydrogen-bond donors (Lipinski definition) is 3. The van der Waals surface area contributed by atoms with E-state index in [0.717, 1.165) is 16.9 Å². The Morgan fingerprint density at radius 3 is 1.77 bits per heavy atom. The molecule has 10 nitrogen and oxygen atoms in total. The molecule has 0 fully saturated rings. The number of nitrogens with one attached hydrogen (secondary N) is 3. The van der Waals surface area contributed by atoms with Crippen molar-refractivity contribution in [1.82, 2.24) is 30.1 Å². The first-order valence-electron chi connectivity index (χ1n) is 10.4. The number of pyridine rings is 1. The summed E-state index contributed by atoms with van der Waals surface area (Å²) >= 11 is 12.0. The van der Waals surface area contributed by atoms with E-state index in [2.05, 4.69) is 46.1 Å². The molecule has 3 aromatic heterocycles. The standard InChI is InChI=1S/C23H17Cl2N9O/c24-15-1-5-17(6-2-15)28-22-30-21(31-23(32-22)29-18-7-3-16(25)4-8-18)27-13-19-33-34-20(35-19)14-9-11-26-12-10-14/h1-12H,13H2,(H3,27,28,29,30,31,32). The van der Waals surface area contributed by atoms with Crippen LogP contribution in [0.2, 0.25) is 10.0 Å². The first-order valence-corrected chi connectivity index (χ1v) is 11.1. The predicted molar refractivity (Wildman–Crippen MR) is 134 cm³/mol. The van der Waals surface area contributed by atoms with Crippen LogP contribution in [0.4, 0.5) is 29.2 Å². The molecule has 0 saturated carbocycles. The van der Waals surface area contributed by atoms with Gasteiger partial charge in [-0.25, -0.2) is 0 Å². The molecular weight excluding hydrogens is 489 g/mol. The summed E-state index contributed by atoms with van der Waals surface area (Å²) in [6.45, 7) is 0.211. The minimum absolute atomic E-state index is 0.211. The average molecular weight is 506 g/mol. The number of aromatic nitrogens is 6. The Labute approximate surface area is 209 Å². The first kappa shape index (κ1) is 22.5. The zero-order chi connectivity index (χ0) is 24.0. The van der Waals surface area contributed by atoms with Crippen LogP contribution in [0.5, 0.6) is 0 Å². The van der Waals surface area contributed by atoms with Crippen LogP contribution in [-0.2, 0) is 6.54 Å². The number of rotatable bonds is 8. The molecule has 0 radical (unpaired) electrons. The minimum Gasteiger partial charge on any atom is -0.419 e. The molecule has 2 aromatic carbocycles. The smallest absolute Gasteiger partial charge is 0.247 e. The third kappa shape index (κ3) is 5.99. The van der Waals surface area contributed by atoms with Gasteiger partial charge in [-0.1, -0.05) is 23.2 Å². The lowest BCUT2D eigenvalue weighted by atomic mass is 10.3. The third-order valence-corrected chi connectivity index (χ3v) is 5.13. The molecule has 5 aromatic rings. The zero-order valence-electron chi connectivity index (χ0n) is 18.0. The normalized spacial score (nSPS) is 10.7. The van der Waals surface area contributed by atoms with E-state index in [1.54, 1.807) is 48.8 Å². The quantitative estimate of drug-likeness (QED) is 0.240. The molecule has 0 bridgehead atoms. The molecule has 12 heteroatoms. The van der Waals surface area contributed by atoms with E-state index in [9.17, 15) is 0 Å². The van der Waals surface area contributed by atoms with Gasteiger partial charge in [0.25, 0.3) is 0 Å². The molecular formula is C23H17Cl2N9O. The molecule has 0 spiro atoms. The van der Waals surface area contributed by atoms with Crippen LogP contribution >= 0.6 is 23.2 Å². The number of nitrogens with zero attached hydrogens (tertiary/aromatic N) is 6. The van der Waals surface area contributed by atoms with Crippen molar-refractivity contribution in [2.24, 2.45) is 0 Å². The van der Waals surface area contributed by atoms with Crippen molar-refractivity contribution in [3.8, 4) is 11.5 Å². The topological polar surface area (TPSA) is 127 Å². The Morgan fingerprint density at radius 1 is 0.657 bits per heavy atom. The molecule has 0 aliphatic carbocycles. The fourth-order valence-electron chi connectivity index (χ4n) is 2.98. The summed E-state index contributed by atoms with van der Waals surface area (Å²) in [6, 6.07) is 18.0. The van der Waals surface area contributed by atoms with Crippen LogP contribution in [0, 0.1) is 0 Å². The Balaban J connectivity index is 1.36. The second-order valence-corrected chi connectivity index (χ2v) is 8.03. The zero-order valence-corrected chi connectivity index (χ0v) is 19.5. The summed E-state index contributed by atoms with van der Waals surface area (Å²) in [5, 5.41) is 18.8. The minimum atomic E-state index is 0.211.